The Labute approximate surface area is 200 Å². The molecule has 0 spiro atoms. The zero-order valence-corrected chi connectivity index (χ0v) is 20.0. The summed E-state index contributed by atoms with van der Waals surface area (Å²) < 4.78 is 51.9. The molecule has 1 aliphatic rings. The van der Waals surface area contributed by atoms with E-state index in [9.17, 15) is 12.8 Å². The molecule has 1 N–H and O–H groups in total. The second-order valence-corrected chi connectivity index (χ2v) is 10.7. The van der Waals surface area contributed by atoms with Crippen LogP contribution in [0.5, 0.6) is 11.5 Å². The Balaban J connectivity index is 1.48. The highest BCUT2D eigenvalue weighted by Gasteiger charge is 2.31. The summed E-state index contributed by atoms with van der Waals surface area (Å²) >= 11 is 1.45. The van der Waals surface area contributed by atoms with Gasteiger partial charge in [0.2, 0.25) is 10.0 Å². The average molecular weight is 501 g/mol. The van der Waals surface area contributed by atoms with Crippen molar-refractivity contribution >= 4 is 43.1 Å². The van der Waals surface area contributed by atoms with Crippen LogP contribution < -0.4 is 14.8 Å². The highest BCUT2D eigenvalue weighted by atomic mass is 32.2. The standard InChI is InChI=1S/C23H21FN4O4S2/c1-31-15-4-6-16(7-5-15)34(29,30)28-10-9-17-20(12-28)33-23-21(17)22(25-13-26-23)27-18-8-3-14(24)11-19(18)32-2/h3-8,11,13H,9-10,12H2,1-2H3,(H,25,26,27). The molecule has 0 aliphatic carbocycles. The van der Waals surface area contributed by atoms with Crippen molar-refractivity contribution < 1.29 is 22.3 Å². The number of nitrogens with zero attached hydrogens (tertiary/aromatic N) is 3. The van der Waals surface area contributed by atoms with Crippen molar-refractivity contribution in [2.45, 2.75) is 17.9 Å². The molecule has 11 heteroatoms. The maximum atomic E-state index is 13.6. The zero-order chi connectivity index (χ0) is 23.9. The number of sulfonamides is 1. The van der Waals surface area contributed by atoms with Crippen molar-refractivity contribution in [1.29, 1.82) is 0 Å². The second kappa shape index (κ2) is 8.82. The fourth-order valence-electron chi connectivity index (χ4n) is 4.00. The number of thiophene rings is 1. The minimum atomic E-state index is -3.66. The topological polar surface area (TPSA) is 93.7 Å². The molecule has 0 atom stereocenters. The number of benzene rings is 2. The summed E-state index contributed by atoms with van der Waals surface area (Å²) in [5, 5.41) is 4.07. The summed E-state index contributed by atoms with van der Waals surface area (Å²) in [6, 6.07) is 10.6. The normalized spacial score (nSPS) is 14.1. The Morgan fingerprint density at radius 3 is 2.62 bits per heavy atom. The largest absolute Gasteiger partial charge is 0.497 e. The Morgan fingerprint density at radius 2 is 1.88 bits per heavy atom. The maximum Gasteiger partial charge on any atom is 0.243 e. The lowest BCUT2D eigenvalue weighted by Gasteiger charge is -2.26. The highest BCUT2D eigenvalue weighted by Crippen LogP contribution is 2.40. The van der Waals surface area contributed by atoms with Crippen molar-refractivity contribution in [3.05, 3.63) is 65.0 Å². The molecule has 34 heavy (non-hydrogen) atoms. The maximum absolute atomic E-state index is 13.6. The number of halogens is 1. The number of methoxy groups -OCH3 is 2. The molecule has 176 valence electrons. The third kappa shape index (κ3) is 3.95. The average Bonchev–Trinajstić information content (AvgIpc) is 3.24. The third-order valence-electron chi connectivity index (χ3n) is 5.72. The van der Waals surface area contributed by atoms with Gasteiger partial charge < -0.3 is 14.8 Å². The van der Waals surface area contributed by atoms with Gasteiger partial charge in [-0.25, -0.2) is 22.8 Å². The summed E-state index contributed by atoms with van der Waals surface area (Å²) in [4.78, 5) is 10.7. The summed E-state index contributed by atoms with van der Waals surface area (Å²) in [5.41, 5.74) is 1.59. The van der Waals surface area contributed by atoms with Gasteiger partial charge in [0.15, 0.2) is 0 Å². The monoisotopic (exact) mass is 500 g/mol. The summed E-state index contributed by atoms with van der Waals surface area (Å²) in [7, 11) is -0.649. The third-order valence-corrected chi connectivity index (χ3v) is 8.70. The van der Waals surface area contributed by atoms with Crippen LogP contribution >= 0.6 is 11.3 Å². The van der Waals surface area contributed by atoms with Crippen molar-refractivity contribution in [2.24, 2.45) is 0 Å². The van der Waals surface area contributed by atoms with Crippen LogP contribution in [0.2, 0.25) is 0 Å². The molecule has 0 bridgehead atoms. The first-order valence-electron chi connectivity index (χ1n) is 10.4. The van der Waals surface area contributed by atoms with E-state index in [-0.39, 0.29) is 11.4 Å². The molecule has 0 saturated heterocycles. The molecule has 1 aliphatic heterocycles. The van der Waals surface area contributed by atoms with Gasteiger partial charge in [-0.15, -0.1) is 11.3 Å². The zero-order valence-electron chi connectivity index (χ0n) is 18.4. The van der Waals surface area contributed by atoms with E-state index in [0.29, 0.717) is 36.0 Å². The van der Waals surface area contributed by atoms with Gasteiger partial charge in [0.05, 0.1) is 30.2 Å². The molecule has 0 amide bonds. The molecule has 5 rings (SSSR count). The number of fused-ring (bicyclic) bond motifs is 3. The highest BCUT2D eigenvalue weighted by molar-refractivity contribution is 7.89. The fraction of sp³-hybridized carbons (Fsp3) is 0.217. The van der Waals surface area contributed by atoms with Crippen LogP contribution in [0.4, 0.5) is 15.9 Å². The molecule has 0 unspecified atom stereocenters. The van der Waals surface area contributed by atoms with Crippen LogP contribution in [-0.2, 0) is 23.0 Å². The van der Waals surface area contributed by atoms with E-state index in [4.69, 9.17) is 9.47 Å². The lowest BCUT2D eigenvalue weighted by atomic mass is 10.1. The van der Waals surface area contributed by atoms with Gasteiger partial charge in [0.1, 0.15) is 34.3 Å². The first-order chi connectivity index (χ1) is 16.4. The van der Waals surface area contributed by atoms with Crippen LogP contribution in [0.1, 0.15) is 10.4 Å². The van der Waals surface area contributed by atoms with Crippen molar-refractivity contribution in [1.82, 2.24) is 14.3 Å². The number of hydrogen-bond acceptors (Lipinski definition) is 8. The molecule has 4 aromatic rings. The van der Waals surface area contributed by atoms with E-state index in [1.165, 1.54) is 48.3 Å². The van der Waals surface area contributed by atoms with Gasteiger partial charge in [-0.2, -0.15) is 4.31 Å². The summed E-state index contributed by atoms with van der Waals surface area (Å²) in [5.74, 6) is 1.12. The van der Waals surface area contributed by atoms with Gasteiger partial charge in [0, 0.05) is 24.0 Å². The van der Waals surface area contributed by atoms with E-state index in [2.05, 4.69) is 15.3 Å². The van der Waals surface area contributed by atoms with Gasteiger partial charge >= 0.3 is 0 Å². The Bertz CT molecular complexity index is 1470. The predicted octanol–water partition coefficient (Wildman–Crippen LogP) is 4.34. The van der Waals surface area contributed by atoms with E-state index < -0.39 is 15.8 Å². The first-order valence-corrected chi connectivity index (χ1v) is 12.7. The van der Waals surface area contributed by atoms with Crippen molar-refractivity contribution in [3.63, 3.8) is 0 Å². The summed E-state index contributed by atoms with van der Waals surface area (Å²) in [6.45, 7) is 0.589. The lowest BCUT2D eigenvalue weighted by Crippen LogP contribution is -2.35. The quantitative estimate of drug-likeness (QED) is 0.421. The number of nitrogens with one attached hydrogen (secondary N) is 1. The fourth-order valence-corrected chi connectivity index (χ4v) is 6.69. The minimum absolute atomic E-state index is 0.225. The van der Waals surface area contributed by atoms with E-state index in [1.807, 2.05) is 0 Å². The molecule has 8 nitrogen and oxygen atoms in total. The van der Waals surface area contributed by atoms with Crippen LogP contribution in [0.3, 0.4) is 0 Å². The number of rotatable bonds is 6. The second-order valence-electron chi connectivity index (χ2n) is 7.64. The smallest absolute Gasteiger partial charge is 0.243 e. The van der Waals surface area contributed by atoms with Crippen LogP contribution in [0.25, 0.3) is 10.2 Å². The van der Waals surface area contributed by atoms with Crippen LogP contribution in [-0.4, -0.2) is 43.5 Å². The van der Waals surface area contributed by atoms with E-state index >= 15 is 0 Å². The van der Waals surface area contributed by atoms with Gasteiger partial charge in [-0.1, -0.05) is 0 Å². The molecule has 0 radical (unpaired) electrons. The van der Waals surface area contributed by atoms with E-state index in [1.54, 1.807) is 30.3 Å². The van der Waals surface area contributed by atoms with Crippen molar-refractivity contribution in [2.75, 3.05) is 26.1 Å². The minimum Gasteiger partial charge on any atom is -0.497 e. The lowest BCUT2D eigenvalue weighted by molar-refractivity contribution is 0.396. The molecule has 2 aromatic carbocycles. The van der Waals surface area contributed by atoms with Crippen LogP contribution in [0.15, 0.2) is 53.7 Å². The van der Waals surface area contributed by atoms with Gasteiger partial charge in [-0.3, -0.25) is 0 Å². The van der Waals surface area contributed by atoms with Gasteiger partial charge in [0.25, 0.3) is 0 Å². The molecular weight excluding hydrogens is 479 g/mol. The van der Waals surface area contributed by atoms with Gasteiger partial charge in [-0.05, 0) is 48.4 Å². The van der Waals surface area contributed by atoms with Crippen molar-refractivity contribution in [3.8, 4) is 11.5 Å². The molecule has 0 saturated carbocycles. The molecular formula is C23H21FN4O4S2. The molecule has 2 aromatic heterocycles. The molecule has 3 heterocycles. The number of hydrogen-bond donors (Lipinski definition) is 1. The Morgan fingerprint density at radius 1 is 1.09 bits per heavy atom. The first kappa shape index (κ1) is 22.5. The van der Waals surface area contributed by atoms with E-state index in [0.717, 1.165) is 20.7 Å². The summed E-state index contributed by atoms with van der Waals surface area (Å²) in [6.07, 6.45) is 1.97. The molecule has 0 fully saturated rings. The number of ether oxygens (including phenoxy) is 2. The predicted molar refractivity (Wildman–Crippen MR) is 128 cm³/mol. The van der Waals surface area contributed by atoms with Crippen LogP contribution in [0, 0.1) is 5.82 Å². The number of anilines is 2. The number of aromatic nitrogens is 2. The Kier molecular flexibility index (Phi) is 5.84. The SMILES string of the molecule is COc1ccc(S(=O)(=O)N2CCc3c(sc4ncnc(Nc5ccc(F)cc5OC)c34)C2)cc1. The Hall–Kier alpha value is -3.28.